The number of anilines is 1. The average Bonchev–Trinajstić information content (AvgIpc) is 2.40. The maximum absolute atomic E-state index is 5.31. The summed E-state index contributed by atoms with van der Waals surface area (Å²) in [7, 11) is 1.70. The van der Waals surface area contributed by atoms with Gasteiger partial charge in [0.2, 0.25) is 0 Å². The van der Waals surface area contributed by atoms with E-state index in [0.29, 0.717) is 6.04 Å². The maximum Gasteiger partial charge on any atom is 0.135 e. The van der Waals surface area contributed by atoms with E-state index in [0.717, 1.165) is 15.9 Å². The van der Waals surface area contributed by atoms with Crippen LogP contribution in [0, 0.1) is 0 Å². The van der Waals surface area contributed by atoms with Crippen molar-refractivity contribution < 1.29 is 4.74 Å². The van der Waals surface area contributed by atoms with Gasteiger partial charge in [-0.3, -0.25) is 0 Å². The van der Waals surface area contributed by atoms with Crippen LogP contribution in [0.5, 0.6) is 5.75 Å². The van der Waals surface area contributed by atoms with Gasteiger partial charge in [0.25, 0.3) is 0 Å². The summed E-state index contributed by atoms with van der Waals surface area (Å²) in [5.74, 6) is 0.875. The molecule has 0 heterocycles. The van der Waals surface area contributed by atoms with Crippen LogP contribution in [0.4, 0.5) is 5.69 Å². The minimum atomic E-state index is 0.507. The Kier molecular flexibility index (Phi) is 7.96. The van der Waals surface area contributed by atoms with Crippen LogP contribution in [-0.4, -0.2) is 13.2 Å². The van der Waals surface area contributed by atoms with Crippen LogP contribution in [-0.2, 0) is 0 Å². The Morgan fingerprint density at radius 3 is 2.63 bits per heavy atom. The van der Waals surface area contributed by atoms with Crippen LogP contribution in [0.1, 0.15) is 52.4 Å². The van der Waals surface area contributed by atoms with Crippen LogP contribution in [0.3, 0.4) is 0 Å². The molecule has 0 aliphatic heterocycles. The molecule has 0 saturated heterocycles. The monoisotopic (exact) mass is 327 g/mol. The summed E-state index contributed by atoms with van der Waals surface area (Å²) in [4.78, 5) is 0. The molecule has 1 atom stereocenters. The summed E-state index contributed by atoms with van der Waals surface area (Å²) in [5.41, 5.74) is 1.13. The minimum absolute atomic E-state index is 0.507. The molecule has 0 amide bonds. The number of methoxy groups -OCH3 is 1. The highest BCUT2D eigenvalue weighted by molar-refractivity contribution is 9.10. The molecule has 1 aromatic rings. The predicted octanol–water partition coefficient (Wildman–Crippen LogP) is 5.62. The first-order chi connectivity index (χ1) is 9.17. The Labute approximate surface area is 126 Å². The fourth-order valence-electron chi connectivity index (χ4n) is 2.16. The van der Waals surface area contributed by atoms with Crippen molar-refractivity contribution in [1.82, 2.24) is 0 Å². The smallest absolute Gasteiger partial charge is 0.135 e. The Bertz CT molecular complexity index is 368. The summed E-state index contributed by atoms with van der Waals surface area (Å²) in [6.07, 6.45) is 7.93. The van der Waals surface area contributed by atoms with Crippen molar-refractivity contribution in [3.63, 3.8) is 0 Å². The van der Waals surface area contributed by atoms with Gasteiger partial charge in [0.15, 0.2) is 0 Å². The molecule has 0 radical (unpaired) electrons. The van der Waals surface area contributed by atoms with E-state index in [1.54, 1.807) is 7.11 Å². The quantitative estimate of drug-likeness (QED) is 0.594. The third kappa shape index (κ3) is 6.33. The standard InChI is InChI=1S/C16H26BrNO/c1-4-5-6-7-8-9-13(2)18-14-10-11-15(17)16(12-14)19-3/h10-13,18H,4-9H2,1-3H3. The van der Waals surface area contributed by atoms with E-state index in [9.17, 15) is 0 Å². The van der Waals surface area contributed by atoms with Crippen molar-refractivity contribution in [3.05, 3.63) is 22.7 Å². The zero-order valence-electron chi connectivity index (χ0n) is 12.3. The number of unbranched alkanes of at least 4 members (excludes halogenated alkanes) is 4. The highest BCUT2D eigenvalue weighted by Gasteiger charge is 2.05. The normalized spacial score (nSPS) is 12.2. The molecule has 0 fully saturated rings. The second kappa shape index (κ2) is 9.24. The highest BCUT2D eigenvalue weighted by Crippen LogP contribution is 2.28. The first-order valence-electron chi connectivity index (χ1n) is 7.27. The van der Waals surface area contributed by atoms with Gasteiger partial charge in [-0.2, -0.15) is 0 Å². The van der Waals surface area contributed by atoms with E-state index in [-0.39, 0.29) is 0 Å². The molecule has 1 rings (SSSR count). The van der Waals surface area contributed by atoms with Gasteiger partial charge in [-0.05, 0) is 41.4 Å². The topological polar surface area (TPSA) is 21.3 Å². The predicted molar refractivity (Wildman–Crippen MR) is 87.2 cm³/mol. The lowest BCUT2D eigenvalue weighted by Crippen LogP contribution is -2.14. The van der Waals surface area contributed by atoms with E-state index in [1.807, 2.05) is 12.1 Å². The fraction of sp³-hybridized carbons (Fsp3) is 0.625. The lowest BCUT2D eigenvalue weighted by Gasteiger charge is -2.16. The SMILES string of the molecule is CCCCCCCC(C)Nc1ccc(Br)c(OC)c1. The molecule has 2 nitrogen and oxygen atoms in total. The van der Waals surface area contributed by atoms with Crippen LogP contribution in [0.25, 0.3) is 0 Å². The summed E-state index contributed by atoms with van der Waals surface area (Å²) in [6, 6.07) is 6.65. The van der Waals surface area contributed by atoms with Crippen molar-refractivity contribution in [2.75, 3.05) is 12.4 Å². The van der Waals surface area contributed by atoms with Crippen LogP contribution in [0.15, 0.2) is 22.7 Å². The lowest BCUT2D eigenvalue weighted by molar-refractivity contribution is 0.412. The summed E-state index contributed by atoms with van der Waals surface area (Å²) < 4.78 is 6.30. The van der Waals surface area contributed by atoms with Gasteiger partial charge in [-0.15, -0.1) is 0 Å². The third-order valence-corrected chi connectivity index (χ3v) is 3.96. The highest BCUT2D eigenvalue weighted by atomic mass is 79.9. The van der Waals surface area contributed by atoms with Gasteiger partial charge < -0.3 is 10.1 Å². The number of hydrogen-bond donors (Lipinski definition) is 1. The summed E-state index contributed by atoms with van der Waals surface area (Å²) in [6.45, 7) is 4.50. The zero-order valence-corrected chi connectivity index (χ0v) is 13.9. The van der Waals surface area contributed by atoms with Gasteiger partial charge in [-0.25, -0.2) is 0 Å². The Morgan fingerprint density at radius 1 is 1.21 bits per heavy atom. The van der Waals surface area contributed by atoms with Gasteiger partial charge in [0.05, 0.1) is 11.6 Å². The summed E-state index contributed by atoms with van der Waals surface area (Å²) in [5, 5.41) is 3.53. The number of halogens is 1. The van der Waals surface area contributed by atoms with Gasteiger partial charge in [-0.1, -0.05) is 39.0 Å². The van der Waals surface area contributed by atoms with Crippen LogP contribution in [0.2, 0.25) is 0 Å². The zero-order chi connectivity index (χ0) is 14.1. The first-order valence-corrected chi connectivity index (χ1v) is 8.06. The van der Waals surface area contributed by atoms with Crippen molar-refractivity contribution in [1.29, 1.82) is 0 Å². The molecule has 1 N–H and O–H groups in total. The second-order valence-electron chi connectivity index (χ2n) is 5.10. The van der Waals surface area contributed by atoms with Crippen LogP contribution < -0.4 is 10.1 Å². The molecule has 1 unspecified atom stereocenters. The van der Waals surface area contributed by atoms with Gasteiger partial charge >= 0.3 is 0 Å². The van der Waals surface area contributed by atoms with E-state index in [4.69, 9.17) is 4.74 Å². The fourth-order valence-corrected chi connectivity index (χ4v) is 2.57. The van der Waals surface area contributed by atoms with E-state index in [1.165, 1.54) is 38.5 Å². The average molecular weight is 328 g/mol. The molecule has 0 aliphatic carbocycles. The summed E-state index contributed by atoms with van der Waals surface area (Å²) >= 11 is 3.47. The minimum Gasteiger partial charge on any atom is -0.495 e. The lowest BCUT2D eigenvalue weighted by atomic mass is 10.1. The number of ether oxygens (including phenoxy) is 1. The largest absolute Gasteiger partial charge is 0.495 e. The first kappa shape index (κ1) is 16.4. The maximum atomic E-state index is 5.31. The molecular weight excluding hydrogens is 302 g/mol. The molecule has 0 spiro atoms. The molecule has 0 aliphatic rings. The van der Waals surface area contributed by atoms with Gasteiger partial charge in [0.1, 0.15) is 5.75 Å². The number of rotatable bonds is 9. The molecular formula is C16H26BrNO. The Morgan fingerprint density at radius 2 is 1.95 bits per heavy atom. The Hall–Kier alpha value is -0.700. The molecule has 0 aromatic heterocycles. The van der Waals surface area contributed by atoms with E-state index < -0.39 is 0 Å². The molecule has 3 heteroatoms. The van der Waals surface area contributed by atoms with E-state index >= 15 is 0 Å². The number of nitrogens with one attached hydrogen (secondary N) is 1. The molecule has 0 bridgehead atoms. The molecule has 0 saturated carbocycles. The van der Waals surface area contributed by atoms with E-state index in [2.05, 4.69) is 41.2 Å². The van der Waals surface area contributed by atoms with Crippen molar-refractivity contribution >= 4 is 21.6 Å². The molecule has 108 valence electrons. The third-order valence-electron chi connectivity index (χ3n) is 3.30. The molecule has 1 aromatic carbocycles. The second-order valence-corrected chi connectivity index (χ2v) is 5.95. The Balaban J connectivity index is 2.33. The number of benzene rings is 1. The van der Waals surface area contributed by atoms with Crippen molar-refractivity contribution in [3.8, 4) is 5.75 Å². The number of hydrogen-bond acceptors (Lipinski definition) is 2. The molecule has 19 heavy (non-hydrogen) atoms. The van der Waals surface area contributed by atoms with Crippen molar-refractivity contribution in [2.24, 2.45) is 0 Å². The van der Waals surface area contributed by atoms with Crippen molar-refractivity contribution in [2.45, 2.75) is 58.4 Å². The van der Waals surface area contributed by atoms with Crippen LogP contribution >= 0.6 is 15.9 Å². The van der Waals surface area contributed by atoms with Gasteiger partial charge in [0, 0.05) is 17.8 Å².